The largest absolute Gasteiger partial charge is 0.744 e. The smallest absolute Gasteiger partial charge is 0.411 e. The normalized spacial score (nSPS) is 12.2. The molecule has 0 unspecified atom stereocenters. The Labute approximate surface area is 390 Å². The summed E-state index contributed by atoms with van der Waals surface area (Å²) in [6, 6.07) is 45.9. The molecule has 0 aliphatic heterocycles. The lowest BCUT2D eigenvalue weighted by molar-refractivity contribution is 0.102. The molecule has 6 N–H and O–H groups in total. The quantitative estimate of drug-likeness (QED) is 0.118. The second-order valence-corrected chi connectivity index (χ2v) is 19.9. The Hall–Kier alpha value is -7.18. The van der Waals surface area contributed by atoms with Crippen molar-refractivity contribution in [3.63, 3.8) is 0 Å². The van der Waals surface area contributed by atoms with E-state index in [2.05, 4.69) is 39.9 Å². The molecule has 7 aromatic carbocycles. The molecule has 3 heterocycles. The second kappa shape index (κ2) is 17.0. The minimum Gasteiger partial charge on any atom is -0.744 e. The van der Waals surface area contributed by atoms with Gasteiger partial charge < -0.3 is 20.8 Å². The van der Waals surface area contributed by atoms with Crippen LogP contribution in [0.1, 0.15) is 33.0 Å². The van der Waals surface area contributed by atoms with Gasteiger partial charge in [-0.05, 0) is 126 Å². The number of thiazole rings is 3. The predicted molar refractivity (Wildman–Crippen MR) is 264 cm³/mol. The summed E-state index contributed by atoms with van der Waals surface area (Å²) in [6.45, 7) is 1.83. The van der Waals surface area contributed by atoms with Crippen LogP contribution in [0.4, 0.5) is 16.2 Å². The van der Waals surface area contributed by atoms with E-state index < -0.39 is 16.2 Å². The Kier molecular flexibility index (Phi) is 11.0. The van der Waals surface area contributed by atoms with Crippen LogP contribution in [0.2, 0.25) is 0 Å². The highest BCUT2D eigenvalue weighted by Gasteiger charge is 2.29. The van der Waals surface area contributed by atoms with Crippen LogP contribution in [0.3, 0.4) is 0 Å². The summed E-state index contributed by atoms with van der Waals surface area (Å²) in [5.74, 6) is -0.279. The number of quaternary nitrogens is 1. The third kappa shape index (κ3) is 7.99. The van der Waals surface area contributed by atoms with E-state index in [1.807, 2.05) is 103 Å². The number of aryl methyl sites for hydroxylation is 1. The molecule has 0 spiro atoms. The molecular formula is C50H36N6O6S4. The zero-order valence-electron chi connectivity index (χ0n) is 35.1. The highest BCUT2D eigenvalue weighted by Crippen LogP contribution is 2.45. The van der Waals surface area contributed by atoms with Crippen LogP contribution in [-0.4, -0.2) is 46.5 Å². The van der Waals surface area contributed by atoms with Crippen LogP contribution < -0.4 is 16.8 Å². The predicted octanol–water partition coefficient (Wildman–Crippen LogP) is 12.7. The van der Waals surface area contributed by atoms with Crippen molar-refractivity contribution in [3.05, 3.63) is 168 Å². The first-order chi connectivity index (χ1) is 31.5. The van der Waals surface area contributed by atoms with Gasteiger partial charge in [0, 0.05) is 39.5 Å². The van der Waals surface area contributed by atoms with Crippen molar-refractivity contribution in [3.8, 4) is 42.8 Å². The Morgan fingerprint density at radius 2 is 1.14 bits per heavy atom. The molecule has 66 heavy (non-hydrogen) atoms. The minimum absolute atomic E-state index is 0. The van der Waals surface area contributed by atoms with E-state index >= 15 is 0 Å². The molecular weight excluding hydrogens is 909 g/mol. The maximum Gasteiger partial charge on any atom is 0.411 e. The maximum absolute atomic E-state index is 13.4. The molecule has 0 fully saturated rings. The van der Waals surface area contributed by atoms with E-state index in [-0.39, 0.29) is 29.5 Å². The number of carbonyl (C=O) groups excluding carboxylic acids is 2. The Bertz CT molecular complexity index is 3610. The van der Waals surface area contributed by atoms with Gasteiger partial charge in [-0.1, -0.05) is 54.6 Å². The molecule has 16 heteroatoms. The van der Waals surface area contributed by atoms with Gasteiger partial charge in [0.15, 0.2) is 0 Å². The molecule has 10 aromatic rings. The molecule has 0 atom stereocenters. The van der Waals surface area contributed by atoms with Gasteiger partial charge in [-0.15, -0.1) is 34.0 Å². The van der Waals surface area contributed by atoms with E-state index in [1.165, 1.54) is 45.1 Å². The monoisotopic (exact) mass is 944 g/mol. The zero-order chi connectivity index (χ0) is 44.4. The van der Waals surface area contributed by atoms with Gasteiger partial charge in [0.2, 0.25) is 0 Å². The fourth-order valence-electron chi connectivity index (χ4n) is 8.22. The van der Waals surface area contributed by atoms with Gasteiger partial charge in [0.1, 0.15) is 31.7 Å². The number of amides is 2. The first-order valence-electron chi connectivity index (χ1n) is 20.3. The maximum atomic E-state index is 13.4. The topological polar surface area (TPSA) is 200 Å². The van der Waals surface area contributed by atoms with Crippen LogP contribution in [-0.2, 0) is 14.9 Å². The van der Waals surface area contributed by atoms with Crippen molar-refractivity contribution >= 4 is 98.2 Å². The summed E-state index contributed by atoms with van der Waals surface area (Å²) in [6.07, 6.45) is -0.523. The van der Waals surface area contributed by atoms with Gasteiger partial charge in [0.05, 0.1) is 35.5 Å². The van der Waals surface area contributed by atoms with Gasteiger partial charge in [-0.2, -0.15) is 0 Å². The standard InChI is InChI=1S/C50H33N5O6S4.H3N/c1-27-10-21-41-44(45(27)65(58,59)60)64-49(55-41)31-16-23-40-43(25-31)63-48(54-40)28-11-17-32(18-12-28)51-46(56)30-15-22-39-42(24-30)62-47(53-39)29-13-19-33(20-14-29)52-50(57)61-26-38-36-8-4-2-6-34(36)35-7-3-5-9-37(35)38;/h2-25,38H,26H2,1H3,(H,51,56)(H,52,57)(H,58,59,60);1H3. The van der Waals surface area contributed by atoms with Gasteiger partial charge >= 0.3 is 6.09 Å². The molecule has 1 aliphatic rings. The van der Waals surface area contributed by atoms with Crippen molar-refractivity contribution < 1.29 is 27.3 Å². The summed E-state index contributed by atoms with van der Waals surface area (Å²) < 4.78 is 43.9. The zero-order valence-corrected chi connectivity index (χ0v) is 38.3. The number of anilines is 2. The Morgan fingerprint density at radius 3 is 1.76 bits per heavy atom. The third-order valence-corrected chi connectivity index (χ3v) is 15.8. The van der Waals surface area contributed by atoms with E-state index in [0.29, 0.717) is 37.7 Å². The molecule has 326 valence electrons. The highest BCUT2D eigenvalue weighted by atomic mass is 32.2. The number of fused-ring (bicyclic) bond motifs is 6. The molecule has 12 nitrogen and oxygen atoms in total. The third-order valence-electron chi connectivity index (χ3n) is 11.4. The molecule has 0 radical (unpaired) electrons. The fraction of sp³-hybridized carbons (Fsp3) is 0.0600. The van der Waals surface area contributed by atoms with E-state index in [4.69, 9.17) is 14.7 Å². The Morgan fingerprint density at radius 1 is 0.621 bits per heavy atom. The molecule has 11 rings (SSSR count). The number of aromatic nitrogens is 3. The van der Waals surface area contributed by atoms with Crippen LogP contribution in [0, 0.1) is 6.92 Å². The molecule has 0 saturated carbocycles. The first kappa shape index (κ1) is 42.8. The number of hydrogen-bond acceptors (Lipinski definition) is 12. The van der Waals surface area contributed by atoms with E-state index in [1.54, 1.807) is 25.1 Å². The van der Waals surface area contributed by atoms with Crippen molar-refractivity contribution in [2.45, 2.75) is 17.7 Å². The van der Waals surface area contributed by atoms with Gasteiger partial charge in [-0.3, -0.25) is 10.1 Å². The minimum atomic E-state index is -4.67. The second-order valence-electron chi connectivity index (χ2n) is 15.5. The highest BCUT2D eigenvalue weighted by molar-refractivity contribution is 7.86. The van der Waals surface area contributed by atoms with E-state index in [0.717, 1.165) is 58.3 Å². The lowest BCUT2D eigenvalue weighted by atomic mass is 9.98. The number of ether oxygens (including phenoxy) is 1. The SMILES string of the molecule is Cc1ccc2nc(-c3ccc4nc(-c5ccc(NC(=O)c6ccc7nc(-c8ccc(NC(=O)OCC9c%10ccccc%10-c%10ccccc%109)cc8)sc7c6)cc5)sc4c3)sc2c1S(=O)(=O)[O-].[NH4+]. The molecule has 2 amide bonds. The number of carbonyl (C=O) groups is 2. The molecule has 3 aromatic heterocycles. The number of nitrogens with zero attached hydrogens (tertiary/aromatic N) is 3. The van der Waals surface area contributed by atoms with Crippen LogP contribution in [0.5, 0.6) is 0 Å². The molecule has 1 aliphatic carbocycles. The van der Waals surface area contributed by atoms with E-state index in [9.17, 15) is 22.6 Å². The summed E-state index contributed by atoms with van der Waals surface area (Å²) in [5.41, 5.74) is 11.4. The number of rotatable bonds is 9. The van der Waals surface area contributed by atoms with Crippen LogP contribution >= 0.6 is 34.0 Å². The van der Waals surface area contributed by atoms with Crippen molar-refractivity contribution in [1.82, 2.24) is 21.1 Å². The summed E-state index contributed by atoms with van der Waals surface area (Å²) >= 11 is 4.16. The van der Waals surface area contributed by atoms with Crippen LogP contribution in [0.15, 0.2) is 150 Å². The van der Waals surface area contributed by atoms with Crippen molar-refractivity contribution in [2.24, 2.45) is 0 Å². The van der Waals surface area contributed by atoms with Crippen molar-refractivity contribution in [1.29, 1.82) is 0 Å². The average molecular weight is 945 g/mol. The van der Waals surface area contributed by atoms with Gasteiger partial charge in [-0.25, -0.2) is 28.2 Å². The summed E-state index contributed by atoms with van der Waals surface area (Å²) in [5, 5.41) is 8.03. The molecule has 0 bridgehead atoms. The Balaban J connectivity index is 0.00000511. The average Bonchev–Trinajstić information content (AvgIpc) is 4.11. The summed E-state index contributed by atoms with van der Waals surface area (Å²) in [4.78, 5) is 40.3. The number of hydrogen-bond donors (Lipinski definition) is 3. The lowest BCUT2D eigenvalue weighted by Gasteiger charge is -2.14. The van der Waals surface area contributed by atoms with Crippen LogP contribution in [0.25, 0.3) is 73.5 Å². The fourth-order valence-corrected chi connectivity index (χ4v) is 12.5. The van der Waals surface area contributed by atoms with Crippen molar-refractivity contribution in [2.75, 3.05) is 17.2 Å². The van der Waals surface area contributed by atoms with Gasteiger partial charge in [0.25, 0.3) is 5.91 Å². The number of nitrogens with one attached hydrogen (secondary N) is 2. The summed E-state index contributed by atoms with van der Waals surface area (Å²) in [7, 11) is -4.67. The molecule has 0 saturated heterocycles. The first-order valence-corrected chi connectivity index (χ1v) is 24.2. The number of benzene rings is 7. The lowest BCUT2D eigenvalue weighted by Crippen LogP contribution is -2.17.